The Kier molecular flexibility index (Phi) is 4.88. The van der Waals surface area contributed by atoms with E-state index < -0.39 is 0 Å². The van der Waals surface area contributed by atoms with Crippen LogP contribution < -0.4 is 0 Å². The molecular weight excluding hydrogens is 300 g/mol. The summed E-state index contributed by atoms with van der Waals surface area (Å²) in [6.07, 6.45) is 0.358. The second-order valence-corrected chi connectivity index (χ2v) is 6.83. The van der Waals surface area contributed by atoms with Crippen molar-refractivity contribution < 1.29 is 9.53 Å². The van der Waals surface area contributed by atoms with Crippen LogP contribution in [0.25, 0.3) is 5.69 Å². The SMILES string of the molecule is Cc1cc(C(=O)CN2C[C@@H](C)O[C@@H](C)C2)c(C)n1-c1ccccc1. The molecule has 1 aliphatic rings. The molecule has 0 N–H and O–H groups in total. The molecule has 2 atom stereocenters. The van der Waals surface area contributed by atoms with Crippen molar-refractivity contribution in [2.75, 3.05) is 19.6 Å². The molecule has 128 valence electrons. The molecule has 1 fully saturated rings. The molecule has 4 nitrogen and oxygen atoms in total. The molecular formula is C20H26N2O2. The molecule has 0 unspecified atom stereocenters. The molecule has 1 aromatic heterocycles. The second kappa shape index (κ2) is 6.91. The number of ether oxygens (including phenoxy) is 1. The Morgan fingerprint density at radius 1 is 1.12 bits per heavy atom. The van der Waals surface area contributed by atoms with Gasteiger partial charge in [-0.3, -0.25) is 9.69 Å². The zero-order chi connectivity index (χ0) is 17.3. The van der Waals surface area contributed by atoms with Crippen LogP contribution in [0, 0.1) is 13.8 Å². The summed E-state index contributed by atoms with van der Waals surface area (Å²) in [6, 6.07) is 12.2. The number of carbonyl (C=O) groups is 1. The van der Waals surface area contributed by atoms with Crippen LogP contribution in [-0.4, -0.2) is 47.1 Å². The Bertz CT molecular complexity index is 711. The summed E-state index contributed by atoms with van der Waals surface area (Å²) in [7, 11) is 0. The number of hydrogen-bond acceptors (Lipinski definition) is 3. The van der Waals surface area contributed by atoms with E-state index in [1.54, 1.807) is 0 Å². The van der Waals surface area contributed by atoms with Crippen LogP contribution in [0.2, 0.25) is 0 Å². The van der Waals surface area contributed by atoms with E-state index in [9.17, 15) is 4.79 Å². The third-order valence-electron chi connectivity index (χ3n) is 4.61. The summed E-state index contributed by atoms with van der Waals surface area (Å²) in [6.45, 7) is 10.3. The molecule has 24 heavy (non-hydrogen) atoms. The number of Topliss-reactive ketones (excluding diaryl/α,β-unsaturated/α-hetero) is 1. The summed E-state index contributed by atoms with van der Waals surface area (Å²) >= 11 is 0. The summed E-state index contributed by atoms with van der Waals surface area (Å²) in [4.78, 5) is 15.1. The van der Waals surface area contributed by atoms with Gasteiger partial charge in [-0.05, 0) is 45.9 Å². The number of benzene rings is 1. The van der Waals surface area contributed by atoms with Gasteiger partial charge in [-0.25, -0.2) is 0 Å². The lowest BCUT2D eigenvalue weighted by atomic mass is 10.1. The van der Waals surface area contributed by atoms with Gasteiger partial charge in [0.05, 0.1) is 18.8 Å². The number of aromatic nitrogens is 1. The lowest BCUT2D eigenvalue weighted by Crippen LogP contribution is -2.47. The van der Waals surface area contributed by atoms with E-state index in [0.717, 1.165) is 35.7 Å². The zero-order valence-corrected chi connectivity index (χ0v) is 15.0. The van der Waals surface area contributed by atoms with E-state index in [4.69, 9.17) is 4.74 Å². The third-order valence-corrected chi connectivity index (χ3v) is 4.61. The van der Waals surface area contributed by atoms with Gasteiger partial charge >= 0.3 is 0 Å². The lowest BCUT2D eigenvalue weighted by molar-refractivity contribution is -0.0652. The molecule has 2 heterocycles. The molecule has 0 radical (unpaired) electrons. The summed E-state index contributed by atoms with van der Waals surface area (Å²) in [5.41, 5.74) is 4.02. The van der Waals surface area contributed by atoms with Gasteiger partial charge in [-0.1, -0.05) is 18.2 Å². The van der Waals surface area contributed by atoms with Crippen molar-refractivity contribution in [3.8, 4) is 5.69 Å². The number of nitrogens with zero attached hydrogens (tertiary/aromatic N) is 2. The van der Waals surface area contributed by atoms with Crippen LogP contribution >= 0.6 is 0 Å². The Hall–Kier alpha value is -1.91. The molecule has 0 amide bonds. The molecule has 1 aromatic carbocycles. The Balaban J connectivity index is 1.81. The fourth-order valence-corrected chi connectivity index (χ4v) is 3.72. The predicted octanol–water partition coefficient (Wildman–Crippen LogP) is 3.39. The molecule has 1 aliphatic heterocycles. The standard InChI is InChI=1S/C20H26N2O2/c1-14-10-19(17(4)22(14)18-8-6-5-7-9-18)20(23)13-21-11-15(2)24-16(3)12-21/h5-10,15-16H,11-13H2,1-4H3/t15-,16+. The minimum Gasteiger partial charge on any atom is -0.373 e. The van der Waals surface area contributed by atoms with Crippen LogP contribution in [-0.2, 0) is 4.74 Å². The smallest absolute Gasteiger partial charge is 0.178 e. The highest BCUT2D eigenvalue weighted by Crippen LogP contribution is 2.22. The van der Waals surface area contributed by atoms with Gasteiger partial charge in [-0.2, -0.15) is 0 Å². The van der Waals surface area contributed by atoms with Gasteiger partial charge in [0.25, 0.3) is 0 Å². The minimum atomic E-state index is 0.179. The monoisotopic (exact) mass is 326 g/mol. The van der Waals surface area contributed by atoms with Crippen molar-refractivity contribution in [1.29, 1.82) is 0 Å². The summed E-state index contributed by atoms with van der Waals surface area (Å²) in [5.74, 6) is 0.187. The zero-order valence-electron chi connectivity index (χ0n) is 15.0. The fourth-order valence-electron chi connectivity index (χ4n) is 3.72. The topological polar surface area (TPSA) is 34.5 Å². The summed E-state index contributed by atoms with van der Waals surface area (Å²) in [5, 5.41) is 0. The number of aryl methyl sites for hydroxylation is 1. The van der Waals surface area contributed by atoms with E-state index in [1.165, 1.54) is 0 Å². The van der Waals surface area contributed by atoms with Gasteiger partial charge in [0.15, 0.2) is 5.78 Å². The Morgan fingerprint density at radius 3 is 2.38 bits per heavy atom. The second-order valence-electron chi connectivity index (χ2n) is 6.83. The quantitative estimate of drug-likeness (QED) is 0.808. The molecule has 2 aromatic rings. The highest BCUT2D eigenvalue weighted by Gasteiger charge is 2.25. The van der Waals surface area contributed by atoms with E-state index in [1.807, 2.05) is 31.2 Å². The highest BCUT2D eigenvalue weighted by molar-refractivity contribution is 5.99. The van der Waals surface area contributed by atoms with Gasteiger partial charge in [0, 0.05) is 35.7 Å². The number of carbonyl (C=O) groups excluding carboxylic acids is 1. The average Bonchev–Trinajstić information content (AvgIpc) is 2.82. The number of morpholine rings is 1. The van der Waals surface area contributed by atoms with Crippen molar-refractivity contribution in [1.82, 2.24) is 9.47 Å². The van der Waals surface area contributed by atoms with Crippen LogP contribution in [0.5, 0.6) is 0 Å². The first-order valence-electron chi connectivity index (χ1n) is 8.61. The number of ketones is 1. The Morgan fingerprint density at radius 2 is 1.75 bits per heavy atom. The maximum atomic E-state index is 12.8. The molecule has 0 aliphatic carbocycles. The van der Waals surface area contributed by atoms with Gasteiger partial charge in [-0.15, -0.1) is 0 Å². The maximum absolute atomic E-state index is 12.8. The molecule has 0 spiro atoms. The molecule has 0 bridgehead atoms. The first-order chi connectivity index (χ1) is 11.5. The van der Waals surface area contributed by atoms with E-state index in [-0.39, 0.29) is 18.0 Å². The predicted molar refractivity (Wildman–Crippen MR) is 96.0 cm³/mol. The average molecular weight is 326 g/mol. The van der Waals surface area contributed by atoms with E-state index in [2.05, 4.69) is 42.4 Å². The first kappa shape index (κ1) is 16.9. The van der Waals surface area contributed by atoms with Crippen molar-refractivity contribution >= 4 is 5.78 Å². The van der Waals surface area contributed by atoms with Crippen molar-refractivity contribution in [3.63, 3.8) is 0 Å². The van der Waals surface area contributed by atoms with Gasteiger partial charge < -0.3 is 9.30 Å². The normalized spacial score (nSPS) is 21.8. The van der Waals surface area contributed by atoms with Crippen molar-refractivity contribution in [2.24, 2.45) is 0 Å². The molecule has 4 heteroatoms. The number of rotatable bonds is 4. The summed E-state index contributed by atoms with van der Waals surface area (Å²) < 4.78 is 7.90. The highest BCUT2D eigenvalue weighted by atomic mass is 16.5. The molecule has 1 saturated heterocycles. The van der Waals surface area contributed by atoms with Crippen molar-refractivity contribution in [3.05, 3.63) is 53.3 Å². The maximum Gasteiger partial charge on any atom is 0.178 e. The van der Waals surface area contributed by atoms with Crippen LogP contribution in [0.3, 0.4) is 0 Å². The molecule has 0 saturated carbocycles. The van der Waals surface area contributed by atoms with Crippen LogP contribution in [0.15, 0.2) is 36.4 Å². The van der Waals surface area contributed by atoms with Crippen LogP contribution in [0.1, 0.15) is 35.6 Å². The fraction of sp³-hybridized carbons (Fsp3) is 0.450. The molecule has 3 rings (SSSR count). The largest absolute Gasteiger partial charge is 0.373 e. The number of hydrogen-bond donors (Lipinski definition) is 0. The van der Waals surface area contributed by atoms with E-state index >= 15 is 0 Å². The van der Waals surface area contributed by atoms with Crippen LogP contribution in [0.4, 0.5) is 0 Å². The van der Waals surface area contributed by atoms with Gasteiger partial charge in [0.2, 0.25) is 0 Å². The lowest BCUT2D eigenvalue weighted by Gasteiger charge is -2.34. The first-order valence-corrected chi connectivity index (χ1v) is 8.61. The Labute approximate surface area is 144 Å². The van der Waals surface area contributed by atoms with Crippen molar-refractivity contribution in [2.45, 2.75) is 39.9 Å². The van der Waals surface area contributed by atoms with E-state index in [0.29, 0.717) is 6.54 Å². The third kappa shape index (κ3) is 3.45. The minimum absolute atomic E-state index is 0.179. The number of para-hydroxylation sites is 1. The van der Waals surface area contributed by atoms with Gasteiger partial charge in [0.1, 0.15) is 0 Å².